The molecule has 1 aromatic rings. The first kappa shape index (κ1) is 16.3. The quantitative estimate of drug-likeness (QED) is 0.811. The van der Waals surface area contributed by atoms with E-state index in [1.807, 2.05) is 24.8 Å². The van der Waals surface area contributed by atoms with Gasteiger partial charge in [-0.15, -0.1) is 11.3 Å². The fourth-order valence-corrected chi connectivity index (χ4v) is 6.37. The number of rotatable bonds is 6. The summed E-state index contributed by atoms with van der Waals surface area (Å²) in [4.78, 5) is 1.13. The molecule has 0 unspecified atom stereocenters. The number of hydrogen-bond donors (Lipinski definition) is 1. The van der Waals surface area contributed by atoms with Gasteiger partial charge >= 0.3 is 0 Å². The van der Waals surface area contributed by atoms with Crippen LogP contribution in [0.1, 0.15) is 23.8 Å². The molecule has 0 atom stereocenters. The van der Waals surface area contributed by atoms with Crippen molar-refractivity contribution in [3.63, 3.8) is 0 Å². The standard InChI is InChI=1S/C13H22N2O2S3/c1-3-4-14-10-12-11(2)9-13(19-12)20(16,17)15-5-7-18-8-6-15/h9,14H,3-8,10H2,1-2H3. The molecule has 1 aromatic heterocycles. The molecule has 0 saturated carbocycles. The van der Waals surface area contributed by atoms with Crippen LogP contribution in [0.25, 0.3) is 0 Å². The summed E-state index contributed by atoms with van der Waals surface area (Å²) in [7, 11) is -3.28. The van der Waals surface area contributed by atoms with Crippen LogP contribution in [-0.4, -0.2) is 43.9 Å². The van der Waals surface area contributed by atoms with E-state index >= 15 is 0 Å². The van der Waals surface area contributed by atoms with Gasteiger partial charge in [-0.25, -0.2) is 8.42 Å². The Kier molecular flexibility index (Phi) is 5.92. The third kappa shape index (κ3) is 3.76. The van der Waals surface area contributed by atoms with E-state index in [1.165, 1.54) is 11.3 Å². The zero-order valence-electron chi connectivity index (χ0n) is 12.0. The van der Waals surface area contributed by atoms with Crippen LogP contribution in [0.2, 0.25) is 0 Å². The summed E-state index contributed by atoms with van der Waals surface area (Å²) >= 11 is 3.23. The molecule has 1 N–H and O–H groups in total. The summed E-state index contributed by atoms with van der Waals surface area (Å²) in [6, 6.07) is 1.82. The molecule has 4 nitrogen and oxygen atoms in total. The van der Waals surface area contributed by atoms with E-state index in [1.54, 1.807) is 4.31 Å². The highest BCUT2D eigenvalue weighted by Gasteiger charge is 2.28. The highest BCUT2D eigenvalue weighted by molar-refractivity contribution is 7.99. The van der Waals surface area contributed by atoms with Crippen LogP contribution in [0.5, 0.6) is 0 Å². The van der Waals surface area contributed by atoms with E-state index in [9.17, 15) is 8.42 Å². The van der Waals surface area contributed by atoms with Crippen LogP contribution < -0.4 is 5.32 Å². The molecule has 0 amide bonds. The number of nitrogens with zero attached hydrogens (tertiary/aromatic N) is 1. The second kappa shape index (κ2) is 7.26. The van der Waals surface area contributed by atoms with Gasteiger partial charge in [-0.2, -0.15) is 16.1 Å². The number of nitrogens with one attached hydrogen (secondary N) is 1. The number of sulfonamides is 1. The highest BCUT2D eigenvalue weighted by atomic mass is 32.2. The van der Waals surface area contributed by atoms with Crippen molar-refractivity contribution in [1.29, 1.82) is 0 Å². The normalized spacial score (nSPS) is 17.5. The minimum absolute atomic E-state index is 0.496. The van der Waals surface area contributed by atoms with Crippen LogP contribution in [0.3, 0.4) is 0 Å². The zero-order valence-corrected chi connectivity index (χ0v) is 14.5. The minimum atomic E-state index is -3.28. The van der Waals surface area contributed by atoms with Crippen LogP contribution in [0, 0.1) is 6.92 Å². The summed E-state index contributed by atoms with van der Waals surface area (Å²) in [6.45, 7) is 7.10. The van der Waals surface area contributed by atoms with Crippen LogP contribution in [0.4, 0.5) is 0 Å². The van der Waals surface area contributed by atoms with Crippen molar-refractivity contribution < 1.29 is 8.42 Å². The Morgan fingerprint density at radius 2 is 2.05 bits per heavy atom. The summed E-state index contributed by atoms with van der Waals surface area (Å²) in [5.74, 6) is 1.79. The second-order valence-electron chi connectivity index (χ2n) is 4.86. The molecule has 7 heteroatoms. The molecule has 114 valence electrons. The molecule has 1 saturated heterocycles. The van der Waals surface area contributed by atoms with E-state index in [-0.39, 0.29) is 0 Å². The van der Waals surface area contributed by atoms with E-state index in [4.69, 9.17) is 0 Å². The molecule has 1 aliphatic heterocycles. The summed E-state index contributed by atoms with van der Waals surface area (Å²) < 4.78 is 27.3. The van der Waals surface area contributed by atoms with E-state index in [2.05, 4.69) is 12.2 Å². The first-order chi connectivity index (χ1) is 9.55. The third-order valence-electron chi connectivity index (χ3n) is 3.27. The van der Waals surface area contributed by atoms with Crippen molar-refractivity contribution in [3.05, 3.63) is 16.5 Å². The van der Waals surface area contributed by atoms with Crippen molar-refractivity contribution in [1.82, 2.24) is 9.62 Å². The van der Waals surface area contributed by atoms with Crippen molar-refractivity contribution in [2.75, 3.05) is 31.1 Å². The number of aryl methyl sites for hydroxylation is 1. The molecule has 1 fully saturated rings. The molecule has 20 heavy (non-hydrogen) atoms. The Hall–Kier alpha value is -0.0800. The molecule has 0 aliphatic carbocycles. The Bertz CT molecular complexity index is 534. The molecule has 0 bridgehead atoms. The smallest absolute Gasteiger partial charge is 0.252 e. The van der Waals surface area contributed by atoms with Crippen molar-refractivity contribution >= 4 is 33.1 Å². The summed E-state index contributed by atoms with van der Waals surface area (Å²) in [6.07, 6.45) is 1.08. The maximum Gasteiger partial charge on any atom is 0.252 e. The molecule has 0 spiro atoms. The van der Waals surface area contributed by atoms with Gasteiger partial charge in [0, 0.05) is 36.0 Å². The van der Waals surface area contributed by atoms with Gasteiger partial charge in [0.25, 0.3) is 10.0 Å². The monoisotopic (exact) mass is 334 g/mol. The van der Waals surface area contributed by atoms with Gasteiger partial charge in [-0.05, 0) is 31.5 Å². The predicted molar refractivity (Wildman–Crippen MR) is 87.1 cm³/mol. The fourth-order valence-electron chi connectivity index (χ4n) is 2.08. The Labute approximate surface area is 130 Å². The molecule has 0 radical (unpaired) electrons. The summed E-state index contributed by atoms with van der Waals surface area (Å²) in [5.41, 5.74) is 1.07. The Balaban J connectivity index is 2.13. The van der Waals surface area contributed by atoms with Gasteiger partial charge in [0.1, 0.15) is 4.21 Å². The SMILES string of the molecule is CCCNCc1sc(S(=O)(=O)N2CCSCC2)cc1C. The first-order valence-corrected chi connectivity index (χ1v) is 10.3. The maximum atomic E-state index is 12.6. The molecular weight excluding hydrogens is 312 g/mol. The average Bonchev–Trinajstić information content (AvgIpc) is 2.82. The lowest BCUT2D eigenvalue weighted by Gasteiger charge is -2.24. The van der Waals surface area contributed by atoms with Gasteiger partial charge in [0.05, 0.1) is 0 Å². The lowest BCUT2D eigenvalue weighted by molar-refractivity contribution is 0.445. The maximum absolute atomic E-state index is 12.6. The number of thioether (sulfide) groups is 1. The lowest BCUT2D eigenvalue weighted by atomic mass is 10.3. The van der Waals surface area contributed by atoms with Crippen molar-refractivity contribution in [2.24, 2.45) is 0 Å². The van der Waals surface area contributed by atoms with Gasteiger partial charge in [0.15, 0.2) is 0 Å². The largest absolute Gasteiger partial charge is 0.312 e. The van der Waals surface area contributed by atoms with Gasteiger partial charge < -0.3 is 5.32 Å². The fraction of sp³-hybridized carbons (Fsp3) is 0.692. The topological polar surface area (TPSA) is 49.4 Å². The molecule has 2 rings (SSSR count). The highest BCUT2D eigenvalue weighted by Crippen LogP contribution is 2.29. The molecule has 1 aliphatic rings. The molecule has 2 heterocycles. The third-order valence-corrected chi connectivity index (χ3v) is 7.80. The van der Waals surface area contributed by atoms with E-state index in [0.717, 1.165) is 41.5 Å². The molecule has 0 aromatic carbocycles. The second-order valence-corrected chi connectivity index (χ2v) is 9.39. The lowest BCUT2D eigenvalue weighted by Crippen LogP contribution is -2.37. The van der Waals surface area contributed by atoms with E-state index in [0.29, 0.717) is 17.3 Å². The zero-order chi connectivity index (χ0) is 14.6. The predicted octanol–water partition coefficient (Wildman–Crippen LogP) is 2.29. The minimum Gasteiger partial charge on any atom is -0.312 e. The molecular formula is C13H22N2O2S3. The van der Waals surface area contributed by atoms with Crippen LogP contribution in [0.15, 0.2) is 10.3 Å². The summed E-state index contributed by atoms with van der Waals surface area (Å²) in [5, 5.41) is 3.34. The van der Waals surface area contributed by atoms with Gasteiger partial charge in [-0.3, -0.25) is 0 Å². The Morgan fingerprint density at radius 3 is 2.70 bits per heavy atom. The van der Waals surface area contributed by atoms with Crippen LogP contribution in [-0.2, 0) is 16.6 Å². The Morgan fingerprint density at radius 1 is 1.35 bits per heavy atom. The first-order valence-electron chi connectivity index (χ1n) is 6.93. The van der Waals surface area contributed by atoms with Gasteiger partial charge in [-0.1, -0.05) is 6.92 Å². The van der Waals surface area contributed by atoms with E-state index < -0.39 is 10.0 Å². The van der Waals surface area contributed by atoms with Crippen molar-refractivity contribution in [2.45, 2.75) is 31.0 Å². The van der Waals surface area contributed by atoms with Crippen molar-refractivity contribution in [3.8, 4) is 0 Å². The number of hydrogen-bond acceptors (Lipinski definition) is 5. The van der Waals surface area contributed by atoms with Crippen LogP contribution >= 0.6 is 23.1 Å². The van der Waals surface area contributed by atoms with Gasteiger partial charge in [0.2, 0.25) is 0 Å². The average molecular weight is 335 g/mol. The number of thiophene rings is 1.